The van der Waals surface area contributed by atoms with Gasteiger partial charge in [0.15, 0.2) is 0 Å². The first kappa shape index (κ1) is 34.9. The summed E-state index contributed by atoms with van der Waals surface area (Å²) in [5.41, 5.74) is -2.07. The number of hydrogen-bond donors (Lipinski definition) is 5. The fraction of sp³-hybridized carbons (Fsp3) is 0.581. The molecule has 1 aliphatic carbocycles. The van der Waals surface area contributed by atoms with Gasteiger partial charge in [0, 0.05) is 24.6 Å². The average Bonchev–Trinajstić information content (AvgIpc) is 3.50. The highest BCUT2D eigenvalue weighted by Gasteiger charge is 2.61. The van der Waals surface area contributed by atoms with Crippen LogP contribution in [0.3, 0.4) is 0 Å². The molecule has 1 unspecified atom stereocenters. The van der Waals surface area contributed by atoms with Crippen LogP contribution >= 0.6 is 0 Å². The van der Waals surface area contributed by atoms with Gasteiger partial charge in [-0.2, -0.15) is 0 Å². The molecule has 5 N–H and O–H groups in total. The summed E-state index contributed by atoms with van der Waals surface area (Å²) >= 11 is 0. The summed E-state index contributed by atoms with van der Waals surface area (Å²) in [5, 5.41) is 18.2. The van der Waals surface area contributed by atoms with Crippen molar-refractivity contribution in [2.75, 3.05) is 17.6 Å². The van der Waals surface area contributed by atoms with Gasteiger partial charge in [-0.15, -0.1) is 0 Å². The Morgan fingerprint density at radius 1 is 1.11 bits per heavy atom. The molecule has 46 heavy (non-hydrogen) atoms. The zero-order valence-electron chi connectivity index (χ0n) is 26.3. The molecule has 0 bridgehead atoms. The maximum Gasteiger partial charge on any atom is 0.408 e. The van der Waals surface area contributed by atoms with Crippen molar-refractivity contribution in [2.45, 2.75) is 95.0 Å². The second kappa shape index (κ2) is 14.2. The van der Waals surface area contributed by atoms with Gasteiger partial charge >= 0.3 is 6.09 Å². The summed E-state index contributed by atoms with van der Waals surface area (Å²) in [5.74, 6) is -4.75. The van der Waals surface area contributed by atoms with Crippen molar-refractivity contribution in [1.29, 1.82) is 0 Å². The molecule has 5 amide bonds. The van der Waals surface area contributed by atoms with E-state index in [4.69, 9.17) is 4.74 Å². The third-order valence-electron chi connectivity index (χ3n) is 7.98. The molecule has 15 heteroatoms. The van der Waals surface area contributed by atoms with Crippen LogP contribution in [0.5, 0.6) is 0 Å². The van der Waals surface area contributed by atoms with Crippen LogP contribution in [-0.4, -0.2) is 89.8 Å². The number of fused-ring (bicyclic) bond motifs is 2. The number of para-hydroxylation sites is 1. The van der Waals surface area contributed by atoms with Gasteiger partial charge in [-0.3, -0.25) is 23.9 Å². The number of carbonyl (C=O) groups excluding carboxylic acids is 5. The van der Waals surface area contributed by atoms with Crippen LogP contribution in [0.1, 0.15) is 65.7 Å². The van der Waals surface area contributed by atoms with Crippen molar-refractivity contribution < 1.29 is 42.2 Å². The van der Waals surface area contributed by atoms with Gasteiger partial charge in [0.25, 0.3) is 5.91 Å². The van der Waals surface area contributed by atoms with Crippen LogP contribution in [-0.2, 0) is 33.9 Å². The minimum atomic E-state index is -4.45. The lowest BCUT2D eigenvalue weighted by Gasteiger charge is -2.30. The van der Waals surface area contributed by atoms with E-state index in [9.17, 15) is 37.5 Å². The highest BCUT2D eigenvalue weighted by atomic mass is 32.2. The fourth-order valence-electron chi connectivity index (χ4n) is 5.71. The summed E-state index contributed by atoms with van der Waals surface area (Å²) in [6, 6.07) is 6.03. The van der Waals surface area contributed by atoms with Crippen molar-refractivity contribution >= 4 is 45.4 Å². The molecular weight excluding hydrogens is 618 g/mol. The van der Waals surface area contributed by atoms with Gasteiger partial charge < -0.3 is 30.7 Å². The quantitative estimate of drug-likeness (QED) is 0.279. The predicted molar refractivity (Wildman–Crippen MR) is 167 cm³/mol. The smallest absolute Gasteiger partial charge is 0.408 e. The molecule has 4 rings (SSSR count). The molecule has 2 aliphatic heterocycles. The Kier molecular flexibility index (Phi) is 10.8. The molecule has 1 aromatic carbocycles. The zero-order valence-corrected chi connectivity index (χ0v) is 27.1. The van der Waals surface area contributed by atoms with Gasteiger partial charge in [-0.1, -0.05) is 43.2 Å². The maximum absolute atomic E-state index is 13.7. The number of amides is 5. The standard InChI is InChI=1S/C31H43N5O9S/c1-30(2,3)45-29(42)33-23-15-11-6-4-5-8-12-20-17-31(20,34-26(39)24-16-22(37)18-36(24)27(23)40)28(41)35-46(43,44)19-25(38)32-21-13-9-7-10-14-21/h7-10,12-14,20,22-24,37H,4-6,11,15-19H2,1-3H3,(H,32,38)(H,33,42)(H,34,39)(H,35,41)/b12-8-/t20?,22-,23+,24+,31-/m1/s1. The van der Waals surface area contributed by atoms with Crippen LogP contribution in [0.2, 0.25) is 0 Å². The van der Waals surface area contributed by atoms with Gasteiger partial charge in [0.05, 0.1) is 6.10 Å². The summed E-state index contributed by atoms with van der Waals surface area (Å²) in [4.78, 5) is 67.1. The Bertz CT molecular complexity index is 1460. The van der Waals surface area contributed by atoms with Crippen molar-refractivity contribution in [1.82, 2.24) is 20.3 Å². The van der Waals surface area contributed by atoms with Crippen LogP contribution in [0.4, 0.5) is 10.5 Å². The van der Waals surface area contributed by atoms with Crippen LogP contribution < -0.4 is 20.7 Å². The van der Waals surface area contributed by atoms with E-state index in [-0.39, 0.29) is 25.8 Å². The molecule has 1 aromatic rings. The lowest BCUT2D eigenvalue weighted by molar-refractivity contribution is -0.141. The Balaban J connectivity index is 1.52. The molecule has 1 saturated carbocycles. The first-order chi connectivity index (χ1) is 21.6. The van der Waals surface area contributed by atoms with Gasteiger partial charge in [-0.25, -0.2) is 13.2 Å². The summed E-state index contributed by atoms with van der Waals surface area (Å²) < 4.78 is 33.0. The average molecular weight is 662 g/mol. The third-order valence-corrected chi connectivity index (χ3v) is 9.12. The number of hydrogen-bond acceptors (Lipinski definition) is 9. The number of carbonyl (C=O) groups is 5. The van der Waals surface area contributed by atoms with Crippen molar-refractivity contribution in [3.8, 4) is 0 Å². The Morgan fingerprint density at radius 3 is 2.52 bits per heavy atom. The number of benzene rings is 1. The van der Waals surface area contributed by atoms with E-state index in [1.807, 2.05) is 10.8 Å². The van der Waals surface area contributed by atoms with Crippen molar-refractivity contribution in [3.05, 3.63) is 42.5 Å². The van der Waals surface area contributed by atoms with E-state index >= 15 is 0 Å². The molecule has 2 heterocycles. The lowest BCUT2D eigenvalue weighted by atomic mass is 10.0. The molecular formula is C31H43N5O9S. The predicted octanol–water partition coefficient (Wildman–Crippen LogP) is 1.32. The van der Waals surface area contributed by atoms with Crippen LogP contribution in [0.25, 0.3) is 0 Å². The number of alkyl carbamates (subject to hydrolysis) is 1. The number of nitrogens with zero attached hydrogens (tertiary/aromatic N) is 1. The molecule has 2 fully saturated rings. The van der Waals surface area contributed by atoms with Gasteiger partial charge in [-0.05, 0) is 58.6 Å². The normalized spacial score (nSPS) is 27.9. The lowest BCUT2D eigenvalue weighted by Crippen LogP contribution is -2.58. The Hall–Kier alpha value is -3.98. The first-order valence-corrected chi connectivity index (χ1v) is 17.1. The summed E-state index contributed by atoms with van der Waals surface area (Å²) in [7, 11) is -4.45. The topological polar surface area (TPSA) is 200 Å². The van der Waals surface area contributed by atoms with Gasteiger partial charge in [0.1, 0.15) is 29.0 Å². The third kappa shape index (κ3) is 9.28. The molecule has 1 saturated heterocycles. The highest BCUT2D eigenvalue weighted by Crippen LogP contribution is 2.45. The van der Waals surface area contributed by atoms with Crippen LogP contribution in [0, 0.1) is 5.92 Å². The van der Waals surface area contributed by atoms with E-state index in [1.165, 1.54) is 4.90 Å². The summed E-state index contributed by atoms with van der Waals surface area (Å²) in [6.45, 7) is 4.91. The number of aliphatic hydroxyl groups is 1. The van der Waals surface area contributed by atoms with Crippen molar-refractivity contribution in [2.24, 2.45) is 5.92 Å². The Morgan fingerprint density at radius 2 is 1.83 bits per heavy atom. The number of allylic oxidation sites excluding steroid dienone is 1. The molecule has 0 spiro atoms. The number of ether oxygens (including phenoxy) is 1. The zero-order chi connectivity index (χ0) is 33.7. The Labute approximate surface area is 268 Å². The molecule has 0 radical (unpaired) electrons. The number of sulfonamides is 1. The minimum Gasteiger partial charge on any atom is -0.444 e. The van der Waals surface area contributed by atoms with E-state index in [1.54, 1.807) is 57.2 Å². The maximum atomic E-state index is 13.7. The number of rotatable bonds is 6. The largest absolute Gasteiger partial charge is 0.444 e. The van der Waals surface area contributed by atoms with E-state index in [2.05, 4.69) is 16.0 Å². The minimum absolute atomic E-state index is 0.0961. The molecule has 5 atom stereocenters. The number of aliphatic hydroxyl groups excluding tert-OH is 1. The molecule has 3 aliphatic rings. The number of anilines is 1. The first-order valence-electron chi connectivity index (χ1n) is 15.4. The molecule has 0 aromatic heterocycles. The second-order valence-electron chi connectivity index (χ2n) is 13.0. The van der Waals surface area contributed by atoms with Gasteiger partial charge in [0.2, 0.25) is 27.7 Å². The number of nitrogens with one attached hydrogen (secondary N) is 4. The van der Waals surface area contributed by atoms with E-state index in [0.717, 1.165) is 12.8 Å². The fourth-order valence-corrected chi connectivity index (χ4v) is 6.66. The van der Waals surface area contributed by atoms with Crippen molar-refractivity contribution in [3.63, 3.8) is 0 Å². The SMILES string of the molecule is CC(C)(C)OC(=O)N[C@H]1CCCCC/C=C\C2C[C@@]2(C(=O)NS(=O)(=O)CC(=O)Nc2ccccc2)NC(=O)[C@@H]2C[C@@H](O)CN2C1=O. The molecule has 252 valence electrons. The second-order valence-corrected chi connectivity index (χ2v) is 14.8. The van der Waals surface area contributed by atoms with Crippen LogP contribution in [0.15, 0.2) is 42.5 Å². The van der Waals surface area contributed by atoms with E-state index < -0.39 is 80.7 Å². The van der Waals surface area contributed by atoms with E-state index in [0.29, 0.717) is 18.5 Å². The monoisotopic (exact) mass is 661 g/mol. The highest BCUT2D eigenvalue weighted by molar-refractivity contribution is 7.90. The summed E-state index contributed by atoms with van der Waals surface area (Å²) in [6.07, 6.45) is 4.77. The molecule has 14 nitrogen and oxygen atoms in total.